The fourth-order valence-electron chi connectivity index (χ4n) is 3.86. The van der Waals surface area contributed by atoms with Gasteiger partial charge in [0.1, 0.15) is 24.1 Å². The Hall–Kier alpha value is -2.75. The molecule has 2 aromatic heterocycles. The summed E-state index contributed by atoms with van der Waals surface area (Å²) in [6.45, 7) is 10.7. The number of hydrogen-bond acceptors (Lipinski definition) is 9. The summed E-state index contributed by atoms with van der Waals surface area (Å²) in [6.07, 6.45) is 1.07. The number of fused-ring (bicyclic) bond motifs is 1. The summed E-state index contributed by atoms with van der Waals surface area (Å²) in [5.74, 6) is -0.576. The number of H-pyrrole nitrogens is 1. The number of hydrogen-bond donors (Lipinski definition) is 2. The van der Waals surface area contributed by atoms with Crippen LogP contribution in [0.25, 0.3) is 11.2 Å². The second-order valence-electron chi connectivity index (χ2n) is 9.04. The van der Waals surface area contributed by atoms with E-state index >= 15 is 0 Å². The molecule has 0 aromatic carbocycles. The Bertz CT molecular complexity index is 1100. The van der Waals surface area contributed by atoms with Crippen molar-refractivity contribution in [3.63, 3.8) is 0 Å². The summed E-state index contributed by atoms with van der Waals surface area (Å²) in [7, 11) is -1.81. The van der Waals surface area contributed by atoms with Gasteiger partial charge in [-0.3, -0.25) is 19.1 Å². The fourth-order valence-corrected chi connectivity index (χ4v) is 5.73. The highest BCUT2D eigenvalue weighted by Gasteiger charge is 2.61. The molecule has 0 bridgehead atoms. The third-order valence-corrected chi connectivity index (χ3v) is 7.70. The van der Waals surface area contributed by atoms with Crippen molar-refractivity contribution < 1.29 is 19.0 Å². The number of rotatable bonds is 5. The molecule has 0 aliphatic carbocycles. The van der Waals surface area contributed by atoms with E-state index in [2.05, 4.69) is 34.1 Å². The number of ether oxygens (including phenoxy) is 3. The highest BCUT2D eigenvalue weighted by Crippen LogP contribution is 2.46. The van der Waals surface area contributed by atoms with Crippen LogP contribution >= 0.6 is 0 Å². The Morgan fingerprint density at radius 3 is 2.74 bits per heavy atom. The number of nitrogen functional groups attached to an aromatic ring is 1. The SMILES string of the molecule is CC(=O)OC[C@@]1(C#N)O[C@](n2cnc3c(=O)[nH]c(N)nc32)([SiH](C)C)C[C@@H]1OC(C)(C)C. The number of nitrogens with one attached hydrogen (secondary N) is 1. The first-order chi connectivity index (χ1) is 14.3. The Morgan fingerprint density at radius 1 is 1.52 bits per heavy atom. The lowest BCUT2D eigenvalue weighted by atomic mass is 9.98. The van der Waals surface area contributed by atoms with Crippen molar-refractivity contribution in [2.45, 2.75) is 69.9 Å². The minimum Gasteiger partial charge on any atom is -0.462 e. The quantitative estimate of drug-likeness (QED) is 0.498. The van der Waals surface area contributed by atoms with Crippen LogP contribution in [-0.4, -0.2) is 58.2 Å². The van der Waals surface area contributed by atoms with Crippen LogP contribution in [0.1, 0.15) is 34.1 Å². The Morgan fingerprint density at radius 2 is 2.19 bits per heavy atom. The number of aromatic amines is 1. The van der Waals surface area contributed by atoms with E-state index in [-0.39, 0.29) is 23.7 Å². The smallest absolute Gasteiger partial charge is 0.302 e. The van der Waals surface area contributed by atoms with Crippen LogP contribution in [0.4, 0.5) is 5.95 Å². The molecule has 31 heavy (non-hydrogen) atoms. The monoisotopic (exact) mass is 448 g/mol. The molecule has 168 valence electrons. The van der Waals surface area contributed by atoms with Crippen molar-refractivity contribution in [3.05, 3.63) is 16.7 Å². The number of nitriles is 1. The molecular weight excluding hydrogens is 420 g/mol. The maximum Gasteiger partial charge on any atom is 0.302 e. The fraction of sp³-hybridized carbons (Fsp3) is 0.632. The lowest BCUT2D eigenvalue weighted by Gasteiger charge is -2.35. The summed E-state index contributed by atoms with van der Waals surface area (Å²) < 4.78 is 19.6. The summed E-state index contributed by atoms with van der Waals surface area (Å²) >= 11 is 0. The lowest BCUT2D eigenvalue weighted by molar-refractivity contribution is -0.169. The number of imidazole rings is 1. The molecule has 1 saturated heterocycles. The first-order valence-electron chi connectivity index (χ1n) is 9.99. The van der Waals surface area contributed by atoms with Gasteiger partial charge >= 0.3 is 5.97 Å². The van der Waals surface area contributed by atoms with Crippen molar-refractivity contribution >= 4 is 31.9 Å². The van der Waals surface area contributed by atoms with E-state index in [9.17, 15) is 14.9 Å². The summed E-state index contributed by atoms with van der Waals surface area (Å²) in [5, 5.41) is 9.14. The molecule has 12 heteroatoms. The van der Waals surface area contributed by atoms with E-state index in [0.717, 1.165) is 0 Å². The number of carbonyl (C=O) groups excluding carboxylic acids is 1. The van der Waals surface area contributed by atoms with E-state index in [4.69, 9.17) is 19.9 Å². The van der Waals surface area contributed by atoms with Gasteiger partial charge in [-0.1, -0.05) is 13.1 Å². The van der Waals surface area contributed by atoms with Gasteiger partial charge < -0.3 is 19.9 Å². The van der Waals surface area contributed by atoms with Crippen molar-refractivity contribution in [2.75, 3.05) is 12.3 Å². The summed E-state index contributed by atoms with van der Waals surface area (Å²) in [4.78, 5) is 34.7. The molecule has 3 heterocycles. The molecule has 0 saturated carbocycles. The van der Waals surface area contributed by atoms with Gasteiger partial charge in [-0.25, -0.2) is 4.98 Å². The van der Waals surface area contributed by atoms with Gasteiger partial charge in [0, 0.05) is 13.3 Å². The maximum atomic E-state index is 12.3. The average molecular weight is 449 g/mol. The number of nitrogens with zero attached hydrogens (tertiary/aromatic N) is 4. The molecule has 11 nitrogen and oxygen atoms in total. The summed E-state index contributed by atoms with van der Waals surface area (Å²) in [6, 6.07) is 2.20. The molecule has 0 unspecified atom stereocenters. The normalized spacial score (nSPS) is 26.3. The average Bonchev–Trinajstić information content (AvgIpc) is 3.19. The zero-order valence-corrected chi connectivity index (χ0v) is 19.7. The molecule has 0 spiro atoms. The minimum absolute atomic E-state index is 0.0493. The molecular formula is C19H28N6O5Si. The first-order valence-corrected chi connectivity index (χ1v) is 12.9. The largest absolute Gasteiger partial charge is 0.462 e. The van der Waals surface area contributed by atoms with E-state index in [0.29, 0.717) is 6.42 Å². The zero-order chi connectivity index (χ0) is 23.2. The highest BCUT2D eigenvalue weighted by atomic mass is 28.3. The predicted molar refractivity (Wildman–Crippen MR) is 115 cm³/mol. The van der Waals surface area contributed by atoms with Gasteiger partial charge in [0.15, 0.2) is 11.2 Å². The van der Waals surface area contributed by atoms with Crippen molar-refractivity contribution in [3.8, 4) is 6.07 Å². The van der Waals surface area contributed by atoms with Gasteiger partial charge in [-0.2, -0.15) is 10.2 Å². The van der Waals surface area contributed by atoms with Crippen LogP contribution in [-0.2, 0) is 24.4 Å². The Kier molecular flexibility index (Phi) is 5.72. The van der Waals surface area contributed by atoms with Crippen LogP contribution < -0.4 is 11.3 Å². The zero-order valence-electron chi connectivity index (χ0n) is 18.6. The second-order valence-corrected chi connectivity index (χ2v) is 12.3. The van der Waals surface area contributed by atoms with Gasteiger partial charge in [-0.15, -0.1) is 0 Å². The molecule has 3 atom stereocenters. The van der Waals surface area contributed by atoms with Gasteiger partial charge in [0.2, 0.25) is 11.5 Å². The van der Waals surface area contributed by atoms with Crippen LogP contribution in [0.3, 0.4) is 0 Å². The maximum absolute atomic E-state index is 12.3. The van der Waals surface area contributed by atoms with Gasteiger partial charge in [-0.05, 0) is 20.8 Å². The molecule has 2 aromatic rings. The van der Waals surface area contributed by atoms with E-state index in [1.54, 1.807) is 4.57 Å². The summed E-state index contributed by atoms with van der Waals surface area (Å²) in [5.41, 5.74) is 3.56. The highest BCUT2D eigenvalue weighted by molar-refractivity contribution is 6.58. The topological polar surface area (TPSA) is 158 Å². The number of carbonyl (C=O) groups is 1. The number of nitrogens with two attached hydrogens (primary N) is 1. The van der Waals surface area contributed by atoms with E-state index in [1.807, 2.05) is 20.8 Å². The van der Waals surface area contributed by atoms with Crippen LogP contribution in [0.5, 0.6) is 0 Å². The van der Waals surface area contributed by atoms with E-state index < -0.39 is 43.0 Å². The molecule has 3 N–H and O–H groups in total. The lowest BCUT2D eigenvalue weighted by Crippen LogP contribution is -2.49. The molecule has 0 amide bonds. The van der Waals surface area contributed by atoms with E-state index in [1.165, 1.54) is 13.3 Å². The molecule has 1 fully saturated rings. The number of aromatic nitrogens is 4. The van der Waals surface area contributed by atoms with Gasteiger partial charge in [0.25, 0.3) is 5.56 Å². The van der Waals surface area contributed by atoms with Crippen LogP contribution in [0.15, 0.2) is 11.1 Å². The second kappa shape index (κ2) is 7.74. The first kappa shape index (κ1) is 22.9. The Balaban J connectivity index is 2.20. The Labute approximate surface area is 181 Å². The number of anilines is 1. The molecule has 0 radical (unpaired) electrons. The van der Waals surface area contributed by atoms with Gasteiger partial charge in [0.05, 0.1) is 20.7 Å². The van der Waals surface area contributed by atoms with Crippen molar-refractivity contribution in [1.29, 1.82) is 5.26 Å². The predicted octanol–water partition coefficient (Wildman–Crippen LogP) is 0.810. The van der Waals surface area contributed by atoms with Crippen LogP contribution in [0.2, 0.25) is 13.1 Å². The third-order valence-electron chi connectivity index (χ3n) is 5.27. The molecule has 1 aliphatic heterocycles. The minimum atomic E-state index is -1.81. The standard InChI is InChI=1S/C19H28N6O5Si/c1-11(26)28-9-18(8-20)12(29-17(2,3)4)7-19(30-18,31(5)6)25-10-22-13-14(25)23-16(21)24-15(13)27/h10,12,31H,7,9H2,1-6H3,(H3,21,23,24,27)/t12-,18+,19-/m0/s1. The molecule has 3 rings (SSSR count). The van der Waals surface area contributed by atoms with Crippen molar-refractivity contribution in [2.24, 2.45) is 0 Å². The number of esters is 1. The van der Waals surface area contributed by atoms with Crippen molar-refractivity contribution in [1.82, 2.24) is 19.5 Å². The van der Waals surface area contributed by atoms with Crippen LogP contribution in [0, 0.1) is 11.3 Å². The third kappa shape index (κ3) is 4.08. The molecule has 1 aliphatic rings.